The van der Waals surface area contributed by atoms with Gasteiger partial charge in [-0.1, -0.05) is 40.0 Å². The van der Waals surface area contributed by atoms with Crippen molar-refractivity contribution in [3.05, 3.63) is 0 Å². The van der Waals surface area contributed by atoms with Gasteiger partial charge in [0.15, 0.2) is 0 Å². The molecule has 0 spiro atoms. The molecule has 0 atom stereocenters. The van der Waals surface area contributed by atoms with Gasteiger partial charge in [0.25, 0.3) is 0 Å². The Morgan fingerprint density at radius 3 is 1.80 bits per heavy atom. The van der Waals surface area contributed by atoms with E-state index in [4.69, 9.17) is 0 Å². The highest BCUT2D eigenvalue weighted by atomic mass is 14.4. The molecule has 0 unspecified atom stereocenters. The predicted molar refractivity (Wildman–Crippen MR) is 46.0 cm³/mol. The predicted octanol–water partition coefficient (Wildman–Crippen LogP) is 3.61. The van der Waals surface area contributed by atoms with Crippen molar-refractivity contribution in [2.24, 2.45) is 11.3 Å². The molecule has 0 heteroatoms. The van der Waals surface area contributed by atoms with E-state index < -0.39 is 0 Å². The Kier molecular flexibility index (Phi) is 2.38. The highest BCUT2D eigenvalue weighted by molar-refractivity contribution is 4.85. The van der Waals surface area contributed by atoms with Crippen molar-refractivity contribution in [3.8, 4) is 0 Å². The fourth-order valence-electron chi connectivity index (χ4n) is 1.93. The largest absolute Gasteiger partial charge is 0.0649 e. The molecule has 0 aliphatic heterocycles. The van der Waals surface area contributed by atoms with Gasteiger partial charge in [0.1, 0.15) is 0 Å². The average Bonchev–Trinajstić information content (AvgIpc) is 1.84. The lowest BCUT2D eigenvalue weighted by Gasteiger charge is -2.42. The van der Waals surface area contributed by atoms with E-state index in [9.17, 15) is 0 Å². The quantitative estimate of drug-likeness (QED) is 0.561. The Morgan fingerprint density at radius 1 is 1.20 bits per heavy atom. The van der Waals surface area contributed by atoms with Gasteiger partial charge < -0.3 is 0 Å². The lowest BCUT2D eigenvalue weighted by Crippen LogP contribution is -2.31. The molecular formula is C10H20. The van der Waals surface area contributed by atoms with Crippen LogP contribution in [0.25, 0.3) is 0 Å². The van der Waals surface area contributed by atoms with Crippen molar-refractivity contribution in [2.45, 2.75) is 52.9 Å². The van der Waals surface area contributed by atoms with E-state index in [0.717, 1.165) is 5.92 Å². The topological polar surface area (TPSA) is 0 Å². The Hall–Kier alpha value is 0. The molecule has 0 aromatic carbocycles. The van der Waals surface area contributed by atoms with Gasteiger partial charge in [-0.2, -0.15) is 0 Å². The summed E-state index contributed by atoms with van der Waals surface area (Å²) in [5, 5.41) is 0. The Bertz CT molecular complexity index is 96.6. The second-order valence-electron chi connectivity index (χ2n) is 3.99. The molecule has 0 saturated heterocycles. The minimum Gasteiger partial charge on any atom is -0.0649 e. The molecule has 1 aliphatic rings. The molecule has 0 heterocycles. The first-order valence-electron chi connectivity index (χ1n) is 4.73. The molecule has 60 valence electrons. The zero-order valence-corrected chi connectivity index (χ0v) is 7.61. The lowest BCUT2D eigenvalue weighted by molar-refractivity contribution is 0.0921. The summed E-state index contributed by atoms with van der Waals surface area (Å²) in [5.74, 6) is 1.06. The Labute approximate surface area is 65.0 Å². The second kappa shape index (κ2) is 2.94. The van der Waals surface area contributed by atoms with Crippen molar-refractivity contribution in [3.63, 3.8) is 0 Å². The molecule has 1 aliphatic carbocycles. The van der Waals surface area contributed by atoms with Crippen LogP contribution >= 0.6 is 0 Å². The summed E-state index contributed by atoms with van der Waals surface area (Å²) in [7, 11) is 0. The summed E-state index contributed by atoms with van der Waals surface area (Å²) in [6, 6.07) is 0. The molecule has 0 radical (unpaired) electrons. The molecule has 0 N–H and O–H groups in total. The monoisotopic (exact) mass is 140 g/mol. The highest BCUT2D eigenvalue weighted by Gasteiger charge is 2.34. The van der Waals surface area contributed by atoms with Crippen LogP contribution in [0.2, 0.25) is 0 Å². The standard InChI is InChI=1S/C10H20/c1-4-10(3,5-2)9-7-6-8-9/h9H,4-8H2,1-3H3. The fourth-order valence-corrected chi connectivity index (χ4v) is 1.93. The lowest BCUT2D eigenvalue weighted by atomic mass is 9.64. The van der Waals surface area contributed by atoms with Crippen LogP contribution in [-0.4, -0.2) is 0 Å². The van der Waals surface area contributed by atoms with Gasteiger partial charge in [-0.25, -0.2) is 0 Å². The average molecular weight is 140 g/mol. The van der Waals surface area contributed by atoms with Crippen LogP contribution in [-0.2, 0) is 0 Å². The maximum absolute atomic E-state index is 2.46. The normalized spacial score (nSPS) is 20.7. The third kappa shape index (κ3) is 1.21. The number of hydrogen-bond donors (Lipinski definition) is 0. The SMILES string of the molecule is CCC(C)(CC)C1CCC1. The van der Waals surface area contributed by atoms with Gasteiger partial charge in [-0.05, 0) is 24.2 Å². The van der Waals surface area contributed by atoms with E-state index in [2.05, 4.69) is 20.8 Å². The molecule has 0 amide bonds. The summed E-state index contributed by atoms with van der Waals surface area (Å²) in [6.07, 6.45) is 7.22. The van der Waals surface area contributed by atoms with E-state index in [1.807, 2.05) is 0 Å². The van der Waals surface area contributed by atoms with Gasteiger partial charge in [-0.15, -0.1) is 0 Å². The van der Waals surface area contributed by atoms with Crippen molar-refractivity contribution in [1.82, 2.24) is 0 Å². The fraction of sp³-hybridized carbons (Fsp3) is 1.00. The molecule has 0 aromatic heterocycles. The number of hydrogen-bond acceptors (Lipinski definition) is 0. The van der Waals surface area contributed by atoms with Crippen LogP contribution in [0.3, 0.4) is 0 Å². The summed E-state index contributed by atoms with van der Waals surface area (Å²) in [4.78, 5) is 0. The maximum Gasteiger partial charge on any atom is -0.0303 e. The minimum absolute atomic E-state index is 0.679. The summed E-state index contributed by atoms with van der Waals surface area (Å²) < 4.78 is 0. The zero-order chi connectivity index (χ0) is 7.61. The molecule has 1 saturated carbocycles. The number of rotatable bonds is 3. The van der Waals surface area contributed by atoms with Crippen LogP contribution < -0.4 is 0 Å². The van der Waals surface area contributed by atoms with Crippen LogP contribution in [0.1, 0.15) is 52.9 Å². The van der Waals surface area contributed by atoms with Crippen LogP contribution in [0.15, 0.2) is 0 Å². The van der Waals surface area contributed by atoms with E-state index in [-0.39, 0.29) is 0 Å². The highest BCUT2D eigenvalue weighted by Crippen LogP contribution is 2.45. The first kappa shape index (κ1) is 8.10. The van der Waals surface area contributed by atoms with Crippen LogP contribution in [0.5, 0.6) is 0 Å². The van der Waals surface area contributed by atoms with Crippen molar-refractivity contribution >= 4 is 0 Å². The Balaban J connectivity index is 2.44. The van der Waals surface area contributed by atoms with Crippen LogP contribution in [0.4, 0.5) is 0 Å². The molecule has 0 nitrogen and oxygen atoms in total. The van der Waals surface area contributed by atoms with E-state index in [1.165, 1.54) is 32.1 Å². The molecule has 0 bridgehead atoms. The summed E-state index contributed by atoms with van der Waals surface area (Å²) in [5.41, 5.74) is 0.679. The molecule has 1 fully saturated rings. The smallest absolute Gasteiger partial charge is 0.0303 e. The van der Waals surface area contributed by atoms with E-state index in [1.54, 1.807) is 0 Å². The second-order valence-corrected chi connectivity index (χ2v) is 3.99. The van der Waals surface area contributed by atoms with Gasteiger partial charge in [0, 0.05) is 0 Å². The van der Waals surface area contributed by atoms with Crippen molar-refractivity contribution in [2.75, 3.05) is 0 Å². The van der Waals surface area contributed by atoms with Gasteiger partial charge in [0.2, 0.25) is 0 Å². The third-order valence-electron chi connectivity index (χ3n) is 3.71. The van der Waals surface area contributed by atoms with E-state index >= 15 is 0 Å². The molecule has 1 rings (SSSR count). The minimum atomic E-state index is 0.679. The Morgan fingerprint density at radius 2 is 1.70 bits per heavy atom. The van der Waals surface area contributed by atoms with Crippen LogP contribution in [0, 0.1) is 11.3 Å². The molecular weight excluding hydrogens is 120 g/mol. The van der Waals surface area contributed by atoms with Gasteiger partial charge in [-0.3, -0.25) is 0 Å². The molecule has 0 aromatic rings. The first-order valence-corrected chi connectivity index (χ1v) is 4.73. The van der Waals surface area contributed by atoms with E-state index in [0.29, 0.717) is 5.41 Å². The maximum atomic E-state index is 2.46. The van der Waals surface area contributed by atoms with Crippen molar-refractivity contribution < 1.29 is 0 Å². The zero-order valence-electron chi connectivity index (χ0n) is 7.61. The summed E-state index contributed by atoms with van der Waals surface area (Å²) >= 11 is 0. The third-order valence-corrected chi connectivity index (χ3v) is 3.71. The van der Waals surface area contributed by atoms with Gasteiger partial charge in [0.05, 0.1) is 0 Å². The van der Waals surface area contributed by atoms with Gasteiger partial charge >= 0.3 is 0 Å². The molecule has 10 heavy (non-hydrogen) atoms. The van der Waals surface area contributed by atoms with Crippen molar-refractivity contribution in [1.29, 1.82) is 0 Å². The summed E-state index contributed by atoms with van der Waals surface area (Å²) in [6.45, 7) is 7.13. The first-order chi connectivity index (χ1) is 4.73.